The van der Waals surface area contributed by atoms with Crippen molar-refractivity contribution in [3.8, 4) is 0 Å². The van der Waals surface area contributed by atoms with Gasteiger partial charge in [0.2, 0.25) is 0 Å². The minimum absolute atomic E-state index is 0.0856. The molecule has 1 N–H and O–H groups in total. The summed E-state index contributed by atoms with van der Waals surface area (Å²) in [6.07, 6.45) is 0.491. The Labute approximate surface area is 122 Å². The van der Waals surface area contributed by atoms with Crippen LogP contribution >= 0.6 is 11.6 Å². The molecule has 20 heavy (non-hydrogen) atoms. The summed E-state index contributed by atoms with van der Waals surface area (Å²) in [4.78, 5) is 0. The summed E-state index contributed by atoms with van der Waals surface area (Å²) in [7, 11) is 1.70. The van der Waals surface area contributed by atoms with Gasteiger partial charge in [0.1, 0.15) is 11.6 Å². The molecule has 1 atom stereocenters. The molecule has 0 aromatic heterocycles. The molecule has 0 radical (unpaired) electrons. The van der Waals surface area contributed by atoms with Gasteiger partial charge in [0.05, 0.1) is 0 Å². The summed E-state index contributed by atoms with van der Waals surface area (Å²) in [6, 6.07) is 9.59. The Balaban J connectivity index is 2.33. The molecule has 0 spiro atoms. The topological polar surface area (TPSA) is 12.0 Å². The zero-order valence-corrected chi connectivity index (χ0v) is 12.1. The summed E-state index contributed by atoms with van der Waals surface area (Å²) in [5.74, 6) is -1.01. The highest BCUT2D eigenvalue weighted by molar-refractivity contribution is 6.30. The smallest absolute Gasteiger partial charge is 0.133 e. The molecule has 0 saturated carbocycles. The molecule has 0 saturated heterocycles. The van der Waals surface area contributed by atoms with Gasteiger partial charge >= 0.3 is 0 Å². The van der Waals surface area contributed by atoms with Crippen molar-refractivity contribution in [1.82, 2.24) is 5.32 Å². The van der Waals surface area contributed by atoms with E-state index in [9.17, 15) is 8.78 Å². The van der Waals surface area contributed by atoms with Crippen molar-refractivity contribution in [3.63, 3.8) is 0 Å². The lowest BCUT2D eigenvalue weighted by atomic mass is 9.96. The third-order valence-electron chi connectivity index (χ3n) is 3.37. The van der Waals surface area contributed by atoms with Crippen LogP contribution < -0.4 is 5.32 Å². The van der Waals surface area contributed by atoms with Crippen molar-refractivity contribution in [3.05, 3.63) is 69.7 Å². The van der Waals surface area contributed by atoms with Gasteiger partial charge in [-0.1, -0.05) is 29.8 Å². The van der Waals surface area contributed by atoms with Gasteiger partial charge in [-0.05, 0) is 49.7 Å². The lowest BCUT2D eigenvalue weighted by molar-refractivity contribution is 0.486. The molecular weight excluding hydrogens is 280 g/mol. The van der Waals surface area contributed by atoms with Gasteiger partial charge in [0.25, 0.3) is 0 Å². The van der Waals surface area contributed by atoms with Crippen molar-refractivity contribution in [1.29, 1.82) is 0 Å². The molecule has 4 heteroatoms. The Hall–Kier alpha value is -1.45. The van der Waals surface area contributed by atoms with E-state index in [4.69, 9.17) is 11.6 Å². The Bertz CT molecular complexity index is 596. The number of hydrogen-bond acceptors (Lipinski definition) is 1. The molecule has 0 bridgehead atoms. The molecule has 2 aromatic rings. The number of nitrogens with one attached hydrogen (secondary N) is 1. The van der Waals surface area contributed by atoms with Crippen LogP contribution in [-0.2, 0) is 6.42 Å². The molecule has 2 rings (SSSR count). The Morgan fingerprint density at radius 2 is 1.75 bits per heavy atom. The van der Waals surface area contributed by atoms with Gasteiger partial charge < -0.3 is 5.32 Å². The average molecular weight is 296 g/mol. The number of hydrogen-bond donors (Lipinski definition) is 1. The molecule has 0 aliphatic heterocycles. The lowest BCUT2D eigenvalue weighted by Crippen LogP contribution is -2.22. The Morgan fingerprint density at radius 1 is 1.10 bits per heavy atom. The third-order valence-corrected chi connectivity index (χ3v) is 3.62. The molecular formula is C16H16ClF2N. The maximum atomic E-state index is 14.2. The van der Waals surface area contributed by atoms with Crippen LogP contribution in [-0.4, -0.2) is 7.05 Å². The second kappa shape index (κ2) is 6.33. The van der Waals surface area contributed by atoms with Crippen LogP contribution in [0.1, 0.15) is 22.7 Å². The third kappa shape index (κ3) is 3.17. The van der Waals surface area contributed by atoms with E-state index >= 15 is 0 Å². The van der Waals surface area contributed by atoms with Gasteiger partial charge in [-0.15, -0.1) is 0 Å². The zero-order valence-electron chi connectivity index (χ0n) is 11.4. The minimum atomic E-state index is -0.526. The van der Waals surface area contributed by atoms with Gasteiger partial charge in [0.15, 0.2) is 0 Å². The van der Waals surface area contributed by atoms with Crippen LogP contribution in [0.25, 0.3) is 0 Å². The van der Waals surface area contributed by atoms with Crippen molar-refractivity contribution >= 4 is 11.6 Å². The number of benzene rings is 2. The van der Waals surface area contributed by atoms with Crippen LogP contribution in [0.5, 0.6) is 0 Å². The SMILES string of the molecule is CNC(Cc1ccc(Cl)cc1)c1c(F)ccc(C)c1F. The molecule has 0 heterocycles. The van der Waals surface area contributed by atoms with E-state index in [0.717, 1.165) is 5.56 Å². The zero-order chi connectivity index (χ0) is 14.7. The Morgan fingerprint density at radius 3 is 2.35 bits per heavy atom. The maximum absolute atomic E-state index is 14.2. The van der Waals surface area contributed by atoms with Crippen LogP contribution in [0.3, 0.4) is 0 Å². The highest BCUT2D eigenvalue weighted by atomic mass is 35.5. The van der Waals surface area contributed by atoms with E-state index in [0.29, 0.717) is 17.0 Å². The molecule has 1 unspecified atom stereocenters. The van der Waals surface area contributed by atoms with E-state index in [1.165, 1.54) is 12.1 Å². The molecule has 2 aromatic carbocycles. The fourth-order valence-electron chi connectivity index (χ4n) is 2.20. The largest absolute Gasteiger partial charge is 0.313 e. The van der Waals surface area contributed by atoms with Crippen LogP contribution in [0, 0.1) is 18.6 Å². The first-order valence-electron chi connectivity index (χ1n) is 6.39. The van der Waals surface area contributed by atoms with E-state index in [1.54, 1.807) is 26.1 Å². The predicted molar refractivity (Wildman–Crippen MR) is 78.1 cm³/mol. The summed E-state index contributed by atoms with van der Waals surface area (Å²) in [6.45, 7) is 1.63. The van der Waals surface area contributed by atoms with Crippen LogP contribution in [0.2, 0.25) is 5.02 Å². The summed E-state index contributed by atoms with van der Waals surface area (Å²) in [5.41, 5.74) is 1.49. The summed E-state index contributed by atoms with van der Waals surface area (Å²) >= 11 is 5.83. The van der Waals surface area contributed by atoms with E-state index < -0.39 is 17.7 Å². The number of halogens is 3. The molecule has 0 amide bonds. The molecule has 1 nitrogen and oxygen atoms in total. The monoisotopic (exact) mass is 295 g/mol. The van der Waals surface area contributed by atoms with Gasteiger partial charge in [-0.3, -0.25) is 0 Å². The van der Waals surface area contributed by atoms with Crippen LogP contribution in [0.4, 0.5) is 8.78 Å². The summed E-state index contributed by atoms with van der Waals surface area (Å²) in [5, 5.41) is 3.62. The average Bonchev–Trinajstić information content (AvgIpc) is 2.44. The standard InChI is InChI=1S/C16H16ClF2N/c1-10-3-8-13(18)15(16(10)19)14(20-2)9-11-4-6-12(17)7-5-11/h3-8,14,20H,9H2,1-2H3. The normalized spacial score (nSPS) is 12.4. The van der Waals surface area contributed by atoms with Crippen LogP contribution in [0.15, 0.2) is 36.4 Å². The molecule has 106 valence electrons. The molecule has 0 aliphatic carbocycles. The molecule has 0 aliphatic rings. The number of likely N-dealkylation sites (N-methyl/N-ethyl adjacent to an activating group) is 1. The number of rotatable bonds is 4. The van der Waals surface area contributed by atoms with Crippen molar-refractivity contribution in [2.75, 3.05) is 7.05 Å². The van der Waals surface area contributed by atoms with Gasteiger partial charge in [-0.25, -0.2) is 8.78 Å². The Kier molecular flexibility index (Phi) is 4.73. The first kappa shape index (κ1) is 14.9. The second-order valence-electron chi connectivity index (χ2n) is 4.76. The van der Waals surface area contributed by atoms with Crippen molar-refractivity contribution < 1.29 is 8.78 Å². The first-order chi connectivity index (χ1) is 9.52. The van der Waals surface area contributed by atoms with Crippen molar-refractivity contribution in [2.45, 2.75) is 19.4 Å². The highest BCUT2D eigenvalue weighted by Crippen LogP contribution is 2.26. The lowest BCUT2D eigenvalue weighted by Gasteiger charge is -2.19. The summed E-state index contributed by atoms with van der Waals surface area (Å²) < 4.78 is 28.1. The van der Waals surface area contributed by atoms with Gasteiger partial charge in [-0.2, -0.15) is 0 Å². The predicted octanol–water partition coefficient (Wildman–Crippen LogP) is 4.43. The van der Waals surface area contributed by atoms with Gasteiger partial charge in [0, 0.05) is 16.6 Å². The molecule has 0 fully saturated rings. The van der Waals surface area contributed by atoms with E-state index in [-0.39, 0.29) is 5.56 Å². The first-order valence-corrected chi connectivity index (χ1v) is 6.77. The maximum Gasteiger partial charge on any atom is 0.133 e. The minimum Gasteiger partial charge on any atom is -0.313 e. The quantitative estimate of drug-likeness (QED) is 0.880. The fraction of sp³-hybridized carbons (Fsp3) is 0.250. The van der Waals surface area contributed by atoms with Crippen molar-refractivity contribution in [2.24, 2.45) is 0 Å². The number of aryl methyl sites for hydroxylation is 1. The highest BCUT2D eigenvalue weighted by Gasteiger charge is 2.20. The fourth-order valence-corrected chi connectivity index (χ4v) is 2.33. The van der Waals surface area contributed by atoms with E-state index in [2.05, 4.69) is 5.32 Å². The second-order valence-corrected chi connectivity index (χ2v) is 5.20. The van der Waals surface area contributed by atoms with E-state index in [1.807, 2.05) is 12.1 Å².